The molecule has 3 aromatic rings. The number of para-hydroxylation sites is 2. The molecule has 3 N–H and O–H groups in total. The van der Waals surface area contributed by atoms with Gasteiger partial charge in [-0.05, 0) is 68.0 Å². The Hall–Kier alpha value is -2.82. The van der Waals surface area contributed by atoms with Crippen LogP contribution in [0.1, 0.15) is 29.8 Å². The van der Waals surface area contributed by atoms with Crippen LogP contribution in [0.15, 0.2) is 47.5 Å². The summed E-state index contributed by atoms with van der Waals surface area (Å²) in [6.07, 6.45) is 4.54. The van der Waals surface area contributed by atoms with Crippen molar-refractivity contribution in [2.24, 2.45) is 10.7 Å². The summed E-state index contributed by atoms with van der Waals surface area (Å²) < 4.78 is 2.25. The Labute approximate surface area is 154 Å². The number of guanidine groups is 1. The summed E-state index contributed by atoms with van der Waals surface area (Å²) in [7, 11) is 0. The molecule has 1 heterocycles. The molecule has 0 saturated heterocycles. The fourth-order valence-electron chi connectivity index (χ4n) is 3.74. The van der Waals surface area contributed by atoms with Gasteiger partial charge in [0.2, 0.25) is 0 Å². The molecule has 0 spiro atoms. The molecule has 4 rings (SSSR count). The molecule has 1 aliphatic carbocycles. The van der Waals surface area contributed by atoms with Crippen molar-refractivity contribution in [3.05, 3.63) is 59.4 Å². The molecule has 26 heavy (non-hydrogen) atoms. The summed E-state index contributed by atoms with van der Waals surface area (Å²) in [5, 5.41) is 3.21. The molecule has 5 nitrogen and oxygen atoms in total. The van der Waals surface area contributed by atoms with E-state index in [0.29, 0.717) is 12.5 Å². The molecular formula is C21H25N5. The number of nitrogens with zero attached hydrogens (tertiary/aromatic N) is 3. The first kappa shape index (κ1) is 16.6. The van der Waals surface area contributed by atoms with E-state index in [-0.39, 0.29) is 0 Å². The summed E-state index contributed by atoms with van der Waals surface area (Å²) in [5.41, 5.74) is 12.2. The van der Waals surface area contributed by atoms with Crippen LogP contribution < -0.4 is 11.1 Å². The van der Waals surface area contributed by atoms with Gasteiger partial charge in [0.05, 0.1) is 11.0 Å². The minimum absolute atomic E-state index is 0.482. The molecule has 0 bridgehead atoms. The van der Waals surface area contributed by atoms with E-state index in [1.54, 1.807) is 0 Å². The van der Waals surface area contributed by atoms with Gasteiger partial charge in [-0.1, -0.05) is 18.2 Å². The quantitative estimate of drug-likeness (QED) is 0.420. The second kappa shape index (κ2) is 7.20. The zero-order valence-electron chi connectivity index (χ0n) is 15.2. The number of aryl methyl sites for hydroxylation is 4. The van der Waals surface area contributed by atoms with Crippen LogP contribution >= 0.6 is 0 Å². The molecule has 0 fully saturated rings. The van der Waals surface area contributed by atoms with E-state index in [9.17, 15) is 0 Å². The summed E-state index contributed by atoms with van der Waals surface area (Å²) in [6.45, 7) is 3.63. The molecule has 5 heteroatoms. The first-order valence-corrected chi connectivity index (χ1v) is 9.31. The Morgan fingerprint density at radius 2 is 2.04 bits per heavy atom. The average Bonchev–Trinajstić information content (AvgIpc) is 3.22. The number of fused-ring (bicyclic) bond motifs is 2. The maximum Gasteiger partial charge on any atom is 0.193 e. The van der Waals surface area contributed by atoms with Crippen molar-refractivity contribution in [1.29, 1.82) is 0 Å². The minimum Gasteiger partial charge on any atom is -0.370 e. The van der Waals surface area contributed by atoms with Crippen molar-refractivity contribution in [2.45, 2.75) is 39.2 Å². The average molecular weight is 347 g/mol. The van der Waals surface area contributed by atoms with Gasteiger partial charge in [0.25, 0.3) is 0 Å². The monoisotopic (exact) mass is 347 g/mol. The highest BCUT2D eigenvalue weighted by Crippen LogP contribution is 2.24. The normalized spacial score (nSPS) is 14.0. The van der Waals surface area contributed by atoms with Gasteiger partial charge in [0.1, 0.15) is 5.82 Å². The number of anilines is 1. The number of hydrogen-bond donors (Lipinski definition) is 2. The predicted molar refractivity (Wildman–Crippen MR) is 108 cm³/mol. The van der Waals surface area contributed by atoms with Gasteiger partial charge in [-0.25, -0.2) is 4.98 Å². The molecule has 0 saturated carbocycles. The molecule has 0 atom stereocenters. The van der Waals surface area contributed by atoms with Gasteiger partial charge in [0, 0.05) is 18.8 Å². The van der Waals surface area contributed by atoms with Crippen molar-refractivity contribution >= 4 is 22.7 Å². The van der Waals surface area contributed by atoms with Crippen molar-refractivity contribution < 1.29 is 0 Å². The standard InChI is InChI=1S/C21H25N5/c1-15-24-19-8-2-3-9-20(19)26(15)13-5-12-23-21(22)25-18-11-10-16-6-4-7-17(16)14-18/h2-3,8-11,14H,4-7,12-13H2,1H3,(H3,22,23,25). The van der Waals surface area contributed by atoms with E-state index in [1.807, 2.05) is 13.0 Å². The highest BCUT2D eigenvalue weighted by atomic mass is 15.1. The van der Waals surface area contributed by atoms with E-state index < -0.39 is 0 Å². The third-order valence-corrected chi connectivity index (χ3v) is 5.04. The fraction of sp³-hybridized carbons (Fsp3) is 0.333. The smallest absolute Gasteiger partial charge is 0.193 e. The van der Waals surface area contributed by atoms with Crippen LogP contribution in [-0.4, -0.2) is 22.1 Å². The number of rotatable bonds is 5. The number of hydrogen-bond acceptors (Lipinski definition) is 2. The lowest BCUT2D eigenvalue weighted by molar-refractivity contribution is 0.649. The summed E-state index contributed by atoms with van der Waals surface area (Å²) >= 11 is 0. The van der Waals surface area contributed by atoms with Crippen molar-refractivity contribution in [3.63, 3.8) is 0 Å². The van der Waals surface area contributed by atoms with Crippen LogP contribution in [0.5, 0.6) is 0 Å². The van der Waals surface area contributed by atoms with Gasteiger partial charge in [-0.3, -0.25) is 4.99 Å². The number of aliphatic imine (C=N–C) groups is 1. The third-order valence-electron chi connectivity index (χ3n) is 5.04. The molecule has 1 aliphatic rings. The van der Waals surface area contributed by atoms with E-state index in [0.717, 1.165) is 30.0 Å². The van der Waals surface area contributed by atoms with Crippen LogP contribution in [0.2, 0.25) is 0 Å². The van der Waals surface area contributed by atoms with Gasteiger partial charge in [-0.2, -0.15) is 0 Å². The molecule has 0 aliphatic heterocycles. The largest absolute Gasteiger partial charge is 0.370 e. The fourth-order valence-corrected chi connectivity index (χ4v) is 3.74. The zero-order chi connectivity index (χ0) is 17.9. The lowest BCUT2D eigenvalue weighted by Gasteiger charge is -2.08. The topological polar surface area (TPSA) is 68.2 Å². The zero-order valence-corrected chi connectivity index (χ0v) is 15.2. The highest BCUT2D eigenvalue weighted by molar-refractivity contribution is 5.92. The van der Waals surface area contributed by atoms with Gasteiger partial charge in [-0.15, -0.1) is 0 Å². The Bertz CT molecular complexity index is 954. The third kappa shape index (κ3) is 3.43. The van der Waals surface area contributed by atoms with Crippen molar-refractivity contribution in [2.75, 3.05) is 11.9 Å². The number of nitrogens with two attached hydrogens (primary N) is 1. The maximum absolute atomic E-state index is 6.05. The van der Waals surface area contributed by atoms with E-state index in [4.69, 9.17) is 5.73 Å². The van der Waals surface area contributed by atoms with Crippen LogP contribution in [-0.2, 0) is 19.4 Å². The summed E-state index contributed by atoms with van der Waals surface area (Å²) in [5.74, 6) is 1.52. The summed E-state index contributed by atoms with van der Waals surface area (Å²) in [4.78, 5) is 9.07. The Balaban J connectivity index is 1.34. The molecule has 0 unspecified atom stereocenters. The van der Waals surface area contributed by atoms with Gasteiger partial charge in [0.15, 0.2) is 5.96 Å². The van der Waals surface area contributed by atoms with Crippen molar-refractivity contribution in [3.8, 4) is 0 Å². The first-order valence-electron chi connectivity index (χ1n) is 9.31. The number of imidazole rings is 1. The molecule has 0 radical (unpaired) electrons. The molecule has 134 valence electrons. The lowest BCUT2D eigenvalue weighted by Crippen LogP contribution is -2.23. The maximum atomic E-state index is 6.05. The Morgan fingerprint density at radius 3 is 2.96 bits per heavy atom. The van der Waals surface area contributed by atoms with Gasteiger partial charge < -0.3 is 15.6 Å². The van der Waals surface area contributed by atoms with Crippen molar-refractivity contribution in [1.82, 2.24) is 9.55 Å². The van der Waals surface area contributed by atoms with Crippen LogP contribution in [0.25, 0.3) is 11.0 Å². The SMILES string of the molecule is Cc1nc2ccccc2n1CCCN=C(N)Nc1ccc2c(c1)CCC2. The number of nitrogens with one attached hydrogen (secondary N) is 1. The number of aromatic nitrogens is 2. The lowest BCUT2D eigenvalue weighted by atomic mass is 10.1. The first-order chi connectivity index (χ1) is 12.7. The molecule has 2 aromatic carbocycles. The number of benzene rings is 2. The van der Waals surface area contributed by atoms with Crippen LogP contribution in [0.3, 0.4) is 0 Å². The Morgan fingerprint density at radius 1 is 1.19 bits per heavy atom. The highest BCUT2D eigenvalue weighted by Gasteiger charge is 2.11. The Kier molecular flexibility index (Phi) is 4.61. The second-order valence-corrected chi connectivity index (χ2v) is 6.88. The summed E-state index contributed by atoms with van der Waals surface area (Å²) in [6, 6.07) is 14.7. The molecule has 1 aromatic heterocycles. The van der Waals surface area contributed by atoms with E-state index in [2.05, 4.69) is 56.3 Å². The van der Waals surface area contributed by atoms with Gasteiger partial charge >= 0.3 is 0 Å². The van der Waals surface area contributed by atoms with E-state index in [1.165, 1.54) is 35.9 Å². The molecule has 0 amide bonds. The van der Waals surface area contributed by atoms with Crippen LogP contribution in [0.4, 0.5) is 5.69 Å². The predicted octanol–water partition coefficient (Wildman–Crippen LogP) is 3.65. The minimum atomic E-state index is 0.482. The van der Waals surface area contributed by atoms with E-state index >= 15 is 0 Å². The second-order valence-electron chi connectivity index (χ2n) is 6.88. The molecular weight excluding hydrogens is 322 g/mol. The van der Waals surface area contributed by atoms with Crippen LogP contribution in [0, 0.1) is 6.92 Å².